The third kappa shape index (κ3) is 5.01. The Bertz CT molecular complexity index is 398. The molecular formula is C16H25NO. The minimum absolute atomic E-state index is 0.340. The van der Waals surface area contributed by atoms with E-state index in [0.717, 1.165) is 12.8 Å². The van der Waals surface area contributed by atoms with Crippen molar-refractivity contribution < 1.29 is 4.79 Å². The van der Waals surface area contributed by atoms with Crippen molar-refractivity contribution in [3.63, 3.8) is 0 Å². The topological polar surface area (TPSA) is 43.1 Å². The minimum Gasteiger partial charge on any atom is -0.330 e. The van der Waals surface area contributed by atoms with Gasteiger partial charge in [0.05, 0.1) is 0 Å². The van der Waals surface area contributed by atoms with Crippen molar-refractivity contribution in [1.82, 2.24) is 0 Å². The van der Waals surface area contributed by atoms with Crippen LogP contribution in [0.3, 0.4) is 0 Å². The average Bonchev–Trinajstić information content (AvgIpc) is 2.32. The normalized spacial score (nSPS) is 12.4. The molecule has 1 aromatic rings. The van der Waals surface area contributed by atoms with E-state index >= 15 is 0 Å². The highest BCUT2D eigenvalue weighted by Crippen LogP contribution is 2.15. The third-order valence-corrected chi connectivity index (χ3v) is 3.47. The first-order valence-corrected chi connectivity index (χ1v) is 6.80. The standard InChI is InChI=1S/C16H25NO/c1-12(8-9-17)5-7-16(18)11-15-10-13(2)4-6-14(15)3/h4,6,10,12H,5,7-9,11,17H2,1-3H3. The van der Waals surface area contributed by atoms with E-state index in [4.69, 9.17) is 5.73 Å². The second kappa shape index (κ2) is 7.32. The molecular weight excluding hydrogens is 222 g/mol. The lowest BCUT2D eigenvalue weighted by molar-refractivity contribution is -0.118. The van der Waals surface area contributed by atoms with Gasteiger partial charge in [-0.15, -0.1) is 0 Å². The minimum atomic E-state index is 0.340. The van der Waals surface area contributed by atoms with E-state index in [-0.39, 0.29) is 0 Å². The van der Waals surface area contributed by atoms with Gasteiger partial charge in [-0.2, -0.15) is 0 Å². The van der Waals surface area contributed by atoms with Crippen LogP contribution in [0, 0.1) is 19.8 Å². The summed E-state index contributed by atoms with van der Waals surface area (Å²) in [6, 6.07) is 6.30. The average molecular weight is 247 g/mol. The summed E-state index contributed by atoms with van der Waals surface area (Å²) in [6.45, 7) is 7.01. The Morgan fingerprint density at radius 3 is 2.67 bits per heavy atom. The van der Waals surface area contributed by atoms with Crippen LogP contribution in [0.4, 0.5) is 0 Å². The zero-order valence-electron chi connectivity index (χ0n) is 11.8. The molecule has 2 nitrogen and oxygen atoms in total. The van der Waals surface area contributed by atoms with Crippen molar-refractivity contribution in [3.05, 3.63) is 34.9 Å². The van der Waals surface area contributed by atoms with Crippen LogP contribution in [-0.4, -0.2) is 12.3 Å². The van der Waals surface area contributed by atoms with Gasteiger partial charge in [-0.05, 0) is 50.3 Å². The summed E-state index contributed by atoms with van der Waals surface area (Å²) in [7, 11) is 0. The van der Waals surface area contributed by atoms with Crippen LogP contribution in [0.25, 0.3) is 0 Å². The maximum atomic E-state index is 12.0. The molecule has 0 aromatic heterocycles. The van der Waals surface area contributed by atoms with Gasteiger partial charge < -0.3 is 5.73 Å². The fourth-order valence-electron chi connectivity index (χ4n) is 2.13. The van der Waals surface area contributed by atoms with E-state index in [1.54, 1.807) is 0 Å². The van der Waals surface area contributed by atoms with E-state index in [0.29, 0.717) is 31.1 Å². The van der Waals surface area contributed by atoms with Crippen LogP contribution < -0.4 is 5.73 Å². The second-order valence-corrected chi connectivity index (χ2v) is 5.37. The van der Waals surface area contributed by atoms with E-state index < -0.39 is 0 Å². The molecule has 0 radical (unpaired) electrons. The Labute approximate surface area is 111 Å². The summed E-state index contributed by atoms with van der Waals surface area (Å²) >= 11 is 0. The van der Waals surface area contributed by atoms with Gasteiger partial charge in [0.1, 0.15) is 5.78 Å². The number of hydrogen-bond acceptors (Lipinski definition) is 2. The molecule has 2 N–H and O–H groups in total. The monoisotopic (exact) mass is 247 g/mol. The first-order chi connectivity index (χ1) is 8.52. The van der Waals surface area contributed by atoms with E-state index in [1.807, 2.05) is 0 Å². The molecule has 1 unspecified atom stereocenters. The molecule has 100 valence electrons. The molecule has 0 amide bonds. The maximum absolute atomic E-state index is 12.0. The van der Waals surface area contributed by atoms with Crippen LogP contribution >= 0.6 is 0 Å². The molecule has 18 heavy (non-hydrogen) atoms. The van der Waals surface area contributed by atoms with E-state index in [9.17, 15) is 4.79 Å². The molecule has 0 saturated carbocycles. The fraction of sp³-hybridized carbons (Fsp3) is 0.562. The number of carbonyl (C=O) groups excluding carboxylic acids is 1. The molecule has 0 bridgehead atoms. The molecule has 1 aromatic carbocycles. The molecule has 0 heterocycles. The Balaban J connectivity index is 2.47. The van der Waals surface area contributed by atoms with Crippen molar-refractivity contribution >= 4 is 5.78 Å². The predicted octanol–water partition coefficient (Wildman–Crippen LogP) is 3.18. The lowest BCUT2D eigenvalue weighted by Crippen LogP contribution is -2.10. The van der Waals surface area contributed by atoms with Crippen LogP contribution in [-0.2, 0) is 11.2 Å². The zero-order chi connectivity index (χ0) is 13.5. The number of benzene rings is 1. The van der Waals surface area contributed by atoms with Gasteiger partial charge in [0, 0.05) is 12.8 Å². The Morgan fingerprint density at radius 2 is 2.00 bits per heavy atom. The number of hydrogen-bond donors (Lipinski definition) is 1. The van der Waals surface area contributed by atoms with Crippen LogP contribution in [0.15, 0.2) is 18.2 Å². The number of rotatable bonds is 7. The van der Waals surface area contributed by atoms with Crippen LogP contribution in [0.1, 0.15) is 42.9 Å². The highest BCUT2D eigenvalue weighted by Gasteiger charge is 2.09. The number of Topliss-reactive ketones (excluding diaryl/α,β-unsaturated/α-hetero) is 1. The highest BCUT2D eigenvalue weighted by molar-refractivity contribution is 5.81. The number of ketones is 1. The van der Waals surface area contributed by atoms with Crippen LogP contribution in [0.5, 0.6) is 0 Å². The summed E-state index contributed by atoms with van der Waals surface area (Å²) < 4.78 is 0. The van der Waals surface area contributed by atoms with Crippen molar-refractivity contribution in [2.24, 2.45) is 11.7 Å². The predicted molar refractivity (Wildman–Crippen MR) is 76.7 cm³/mol. The van der Waals surface area contributed by atoms with Gasteiger partial charge in [-0.25, -0.2) is 0 Å². The van der Waals surface area contributed by atoms with Crippen molar-refractivity contribution in [3.8, 4) is 0 Å². The molecule has 0 fully saturated rings. The molecule has 2 heteroatoms. The summed E-state index contributed by atoms with van der Waals surface area (Å²) in [5, 5.41) is 0. The molecule has 0 aliphatic rings. The van der Waals surface area contributed by atoms with Crippen molar-refractivity contribution in [2.45, 2.75) is 46.5 Å². The number of carbonyl (C=O) groups is 1. The van der Waals surface area contributed by atoms with Gasteiger partial charge >= 0.3 is 0 Å². The summed E-state index contributed by atoms with van der Waals surface area (Å²) in [4.78, 5) is 12.0. The smallest absolute Gasteiger partial charge is 0.137 e. The lowest BCUT2D eigenvalue weighted by atomic mass is 9.95. The highest BCUT2D eigenvalue weighted by atomic mass is 16.1. The molecule has 1 rings (SSSR count). The van der Waals surface area contributed by atoms with Crippen molar-refractivity contribution in [1.29, 1.82) is 0 Å². The molecule has 0 aliphatic heterocycles. The van der Waals surface area contributed by atoms with Gasteiger partial charge in [0.15, 0.2) is 0 Å². The van der Waals surface area contributed by atoms with Gasteiger partial charge in [0.25, 0.3) is 0 Å². The molecule has 0 saturated heterocycles. The van der Waals surface area contributed by atoms with Crippen LogP contribution in [0.2, 0.25) is 0 Å². The fourth-order valence-corrected chi connectivity index (χ4v) is 2.13. The van der Waals surface area contributed by atoms with Crippen molar-refractivity contribution in [2.75, 3.05) is 6.54 Å². The van der Waals surface area contributed by atoms with Gasteiger partial charge in [0.2, 0.25) is 0 Å². The molecule has 0 spiro atoms. The number of nitrogens with two attached hydrogens (primary N) is 1. The summed E-state index contributed by atoms with van der Waals surface area (Å²) in [6.07, 6.45) is 3.22. The maximum Gasteiger partial charge on any atom is 0.137 e. The number of aryl methyl sites for hydroxylation is 2. The first-order valence-electron chi connectivity index (χ1n) is 6.80. The Hall–Kier alpha value is -1.15. The Morgan fingerprint density at radius 1 is 1.28 bits per heavy atom. The van der Waals surface area contributed by atoms with Gasteiger partial charge in [-0.1, -0.05) is 30.7 Å². The third-order valence-electron chi connectivity index (χ3n) is 3.47. The second-order valence-electron chi connectivity index (χ2n) is 5.37. The SMILES string of the molecule is Cc1ccc(C)c(CC(=O)CCC(C)CCN)c1. The lowest BCUT2D eigenvalue weighted by Gasteiger charge is -2.10. The quantitative estimate of drug-likeness (QED) is 0.804. The Kier molecular flexibility index (Phi) is 6.06. The van der Waals surface area contributed by atoms with E-state index in [2.05, 4.69) is 39.0 Å². The zero-order valence-corrected chi connectivity index (χ0v) is 11.8. The molecule has 0 aliphatic carbocycles. The first kappa shape index (κ1) is 14.9. The largest absolute Gasteiger partial charge is 0.330 e. The summed E-state index contributed by atoms with van der Waals surface area (Å²) in [5.41, 5.74) is 9.12. The summed E-state index contributed by atoms with van der Waals surface area (Å²) in [5.74, 6) is 0.894. The molecule has 1 atom stereocenters. The van der Waals surface area contributed by atoms with Gasteiger partial charge in [-0.3, -0.25) is 4.79 Å². The van der Waals surface area contributed by atoms with E-state index in [1.165, 1.54) is 16.7 Å².